The zero-order chi connectivity index (χ0) is 13.0. The highest BCUT2D eigenvalue weighted by Crippen LogP contribution is 2.26. The molecule has 0 aliphatic carbocycles. The molecule has 1 aliphatic rings. The van der Waals surface area contributed by atoms with Crippen molar-refractivity contribution in [2.75, 3.05) is 25.1 Å². The number of aryl methyl sites for hydroxylation is 1. The molecule has 1 aromatic heterocycles. The van der Waals surface area contributed by atoms with E-state index in [9.17, 15) is 4.79 Å². The first-order valence-electron chi connectivity index (χ1n) is 6.21. The van der Waals surface area contributed by atoms with Crippen LogP contribution in [0.25, 0.3) is 0 Å². The van der Waals surface area contributed by atoms with Crippen molar-refractivity contribution in [2.45, 2.75) is 32.8 Å². The summed E-state index contributed by atoms with van der Waals surface area (Å²) in [4.78, 5) is 11.8. The number of carbonyl (C=O) groups excluding carboxylic acids is 1. The predicted octanol–water partition coefficient (Wildman–Crippen LogP) is 2.22. The van der Waals surface area contributed by atoms with E-state index >= 15 is 0 Å². The molecule has 2 rings (SSSR count). The third-order valence-electron chi connectivity index (χ3n) is 2.86. The molecule has 18 heavy (non-hydrogen) atoms. The van der Waals surface area contributed by atoms with Gasteiger partial charge in [0.05, 0.1) is 18.4 Å². The summed E-state index contributed by atoms with van der Waals surface area (Å²) in [5, 5.41) is 4.02. The number of rotatable bonds is 5. The Hall–Kier alpha value is -1.14. The Kier molecular flexibility index (Phi) is 4.54. The molecule has 1 aliphatic heterocycles. The summed E-state index contributed by atoms with van der Waals surface area (Å²) >= 11 is 1.30. The minimum absolute atomic E-state index is 0.238. The summed E-state index contributed by atoms with van der Waals surface area (Å²) in [6.07, 6.45) is 2.42. The molecule has 1 unspecified atom stereocenters. The van der Waals surface area contributed by atoms with E-state index in [2.05, 4.69) is 9.69 Å². The summed E-state index contributed by atoms with van der Waals surface area (Å²) in [6, 6.07) is 0. The second kappa shape index (κ2) is 6.15. The Morgan fingerprint density at radius 3 is 3.17 bits per heavy atom. The van der Waals surface area contributed by atoms with Gasteiger partial charge >= 0.3 is 5.97 Å². The van der Waals surface area contributed by atoms with Crippen LogP contribution in [-0.4, -0.2) is 36.2 Å². The van der Waals surface area contributed by atoms with Crippen LogP contribution in [0.1, 0.15) is 35.8 Å². The van der Waals surface area contributed by atoms with Crippen LogP contribution >= 0.6 is 11.5 Å². The monoisotopic (exact) mass is 270 g/mol. The van der Waals surface area contributed by atoms with Crippen molar-refractivity contribution in [3.8, 4) is 0 Å². The number of anilines is 1. The second-order valence-electron chi connectivity index (χ2n) is 4.21. The summed E-state index contributed by atoms with van der Waals surface area (Å²) in [5.74, 6) is -0.307. The van der Waals surface area contributed by atoms with E-state index in [1.807, 2.05) is 6.92 Å². The first kappa shape index (κ1) is 13.3. The maximum atomic E-state index is 11.8. The van der Waals surface area contributed by atoms with Gasteiger partial charge in [-0.1, -0.05) is 0 Å². The van der Waals surface area contributed by atoms with Gasteiger partial charge in [-0.2, -0.15) is 4.37 Å². The summed E-state index contributed by atoms with van der Waals surface area (Å²) < 4.78 is 14.8. The number of ether oxygens (including phenoxy) is 2. The molecule has 0 bridgehead atoms. The number of nitrogens with one attached hydrogen (secondary N) is 1. The van der Waals surface area contributed by atoms with Crippen molar-refractivity contribution >= 4 is 22.5 Å². The van der Waals surface area contributed by atoms with Crippen molar-refractivity contribution in [3.05, 3.63) is 11.3 Å². The van der Waals surface area contributed by atoms with Crippen LogP contribution in [0, 0.1) is 6.92 Å². The molecular weight excluding hydrogens is 252 g/mol. The van der Waals surface area contributed by atoms with Crippen LogP contribution < -0.4 is 5.32 Å². The van der Waals surface area contributed by atoms with Crippen LogP contribution in [0.5, 0.6) is 0 Å². The van der Waals surface area contributed by atoms with Gasteiger partial charge in [0.1, 0.15) is 10.6 Å². The van der Waals surface area contributed by atoms with Crippen molar-refractivity contribution in [1.82, 2.24) is 4.37 Å². The highest BCUT2D eigenvalue weighted by atomic mass is 32.1. The minimum Gasteiger partial charge on any atom is -0.462 e. The number of esters is 1. The van der Waals surface area contributed by atoms with E-state index in [1.165, 1.54) is 11.5 Å². The molecule has 2 heterocycles. The largest absolute Gasteiger partial charge is 0.462 e. The maximum Gasteiger partial charge on any atom is 0.343 e. The molecule has 6 heteroatoms. The van der Waals surface area contributed by atoms with Crippen LogP contribution in [0.3, 0.4) is 0 Å². The van der Waals surface area contributed by atoms with Crippen LogP contribution in [0.4, 0.5) is 5.00 Å². The third-order valence-corrected chi connectivity index (χ3v) is 3.75. The molecule has 1 atom stereocenters. The Balaban J connectivity index is 2.01. The number of nitrogens with zero attached hydrogens (tertiary/aromatic N) is 1. The minimum atomic E-state index is -0.307. The normalized spacial score (nSPS) is 18.9. The molecule has 0 spiro atoms. The molecule has 1 fully saturated rings. The van der Waals surface area contributed by atoms with Gasteiger partial charge in [-0.25, -0.2) is 4.79 Å². The fourth-order valence-electron chi connectivity index (χ4n) is 1.95. The zero-order valence-electron chi connectivity index (χ0n) is 10.7. The molecule has 0 saturated carbocycles. The first-order valence-corrected chi connectivity index (χ1v) is 6.98. The average Bonchev–Trinajstić information content (AvgIpc) is 2.96. The van der Waals surface area contributed by atoms with Crippen molar-refractivity contribution < 1.29 is 14.3 Å². The van der Waals surface area contributed by atoms with Gasteiger partial charge in [0.15, 0.2) is 0 Å². The molecule has 0 radical (unpaired) electrons. The number of carbonyl (C=O) groups is 1. The molecule has 0 amide bonds. The number of hydrogen-bond acceptors (Lipinski definition) is 6. The van der Waals surface area contributed by atoms with Gasteiger partial charge in [-0.05, 0) is 38.2 Å². The fraction of sp³-hybridized carbons (Fsp3) is 0.667. The summed E-state index contributed by atoms with van der Waals surface area (Å²) in [5.41, 5.74) is 1.27. The van der Waals surface area contributed by atoms with Crippen LogP contribution in [0.15, 0.2) is 0 Å². The Bertz CT molecular complexity index is 413. The molecular formula is C12H18N2O3S. The van der Waals surface area contributed by atoms with Gasteiger partial charge in [0.25, 0.3) is 0 Å². The number of aromatic nitrogens is 1. The molecule has 0 aromatic carbocycles. The average molecular weight is 270 g/mol. The Labute approximate surface area is 111 Å². The standard InChI is InChI=1S/C12H18N2O3S/c1-3-16-12(15)10-8(2)14-18-11(10)13-7-9-5-4-6-17-9/h9,13H,3-7H2,1-2H3. The van der Waals surface area contributed by atoms with E-state index in [-0.39, 0.29) is 12.1 Å². The van der Waals surface area contributed by atoms with Crippen LogP contribution in [-0.2, 0) is 9.47 Å². The predicted molar refractivity (Wildman–Crippen MR) is 70.3 cm³/mol. The molecule has 1 aromatic rings. The maximum absolute atomic E-state index is 11.8. The highest BCUT2D eigenvalue weighted by molar-refractivity contribution is 7.10. The van der Waals surface area contributed by atoms with E-state index in [0.29, 0.717) is 24.4 Å². The topological polar surface area (TPSA) is 60.5 Å². The number of hydrogen-bond donors (Lipinski definition) is 1. The Morgan fingerprint density at radius 1 is 1.67 bits per heavy atom. The van der Waals surface area contributed by atoms with Gasteiger partial charge in [0.2, 0.25) is 0 Å². The van der Waals surface area contributed by atoms with Gasteiger partial charge in [-0.15, -0.1) is 0 Å². The van der Waals surface area contributed by atoms with E-state index in [4.69, 9.17) is 9.47 Å². The third kappa shape index (κ3) is 3.00. The van der Waals surface area contributed by atoms with Gasteiger partial charge in [0, 0.05) is 13.2 Å². The summed E-state index contributed by atoms with van der Waals surface area (Å²) in [7, 11) is 0. The van der Waals surface area contributed by atoms with Gasteiger partial charge < -0.3 is 14.8 Å². The van der Waals surface area contributed by atoms with E-state index in [0.717, 1.165) is 24.4 Å². The van der Waals surface area contributed by atoms with E-state index in [1.54, 1.807) is 6.92 Å². The lowest BCUT2D eigenvalue weighted by atomic mass is 10.2. The fourth-order valence-corrected chi connectivity index (χ4v) is 2.74. The molecule has 1 saturated heterocycles. The van der Waals surface area contributed by atoms with Gasteiger partial charge in [-0.3, -0.25) is 0 Å². The SMILES string of the molecule is CCOC(=O)c1c(C)nsc1NCC1CCCO1. The smallest absolute Gasteiger partial charge is 0.343 e. The van der Waals surface area contributed by atoms with E-state index < -0.39 is 0 Å². The van der Waals surface area contributed by atoms with Crippen molar-refractivity contribution in [1.29, 1.82) is 0 Å². The lowest BCUT2D eigenvalue weighted by Crippen LogP contribution is -2.19. The molecule has 100 valence electrons. The second-order valence-corrected chi connectivity index (χ2v) is 4.98. The summed E-state index contributed by atoms with van der Waals surface area (Å²) in [6.45, 7) is 5.54. The van der Waals surface area contributed by atoms with Crippen molar-refractivity contribution in [3.63, 3.8) is 0 Å². The molecule has 1 N–H and O–H groups in total. The highest BCUT2D eigenvalue weighted by Gasteiger charge is 2.21. The quantitative estimate of drug-likeness (QED) is 0.831. The Morgan fingerprint density at radius 2 is 2.50 bits per heavy atom. The molecule has 5 nitrogen and oxygen atoms in total. The van der Waals surface area contributed by atoms with Crippen LogP contribution in [0.2, 0.25) is 0 Å². The van der Waals surface area contributed by atoms with Crippen molar-refractivity contribution in [2.24, 2.45) is 0 Å². The zero-order valence-corrected chi connectivity index (χ0v) is 11.5. The lowest BCUT2D eigenvalue weighted by Gasteiger charge is -2.11. The first-order chi connectivity index (χ1) is 8.72. The lowest BCUT2D eigenvalue weighted by molar-refractivity contribution is 0.0526.